The summed E-state index contributed by atoms with van der Waals surface area (Å²) in [7, 11) is -2.04. The van der Waals surface area contributed by atoms with Gasteiger partial charge in [0.15, 0.2) is 0 Å². The monoisotopic (exact) mass is 497 g/mol. The molecule has 2 rings (SSSR count). The summed E-state index contributed by atoms with van der Waals surface area (Å²) in [5, 5.41) is 10.3. The molecule has 33 heavy (non-hydrogen) atoms. The van der Waals surface area contributed by atoms with E-state index in [1.807, 2.05) is 6.92 Å². The first-order chi connectivity index (χ1) is 15.4. The number of ether oxygens (including phenoxy) is 1. The third-order valence-corrected chi connectivity index (χ3v) is 6.61. The van der Waals surface area contributed by atoms with Gasteiger partial charge in [0, 0.05) is 59.4 Å². The molecule has 1 aromatic carbocycles. The highest BCUT2D eigenvalue weighted by atomic mass is 32.2. The molecule has 1 aliphatic rings. The van der Waals surface area contributed by atoms with Crippen LogP contribution in [0.2, 0.25) is 0 Å². The van der Waals surface area contributed by atoms with E-state index in [4.69, 9.17) is 14.6 Å². The van der Waals surface area contributed by atoms with Crippen molar-refractivity contribution in [1.29, 1.82) is 0 Å². The van der Waals surface area contributed by atoms with Crippen LogP contribution in [0.25, 0.3) is 0 Å². The van der Waals surface area contributed by atoms with E-state index in [0.29, 0.717) is 32.7 Å². The predicted octanol–water partition coefficient (Wildman–Crippen LogP) is 1.48. The van der Waals surface area contributed by atoms with Crippen molar-refractivity contribution in [2.24, 2.45) is 0 Å². The van der Waals surface area contributed by atoms with Gasteiger partial charge in [-0.1, -0.05) is 17.7 Å². The molecule has 0 aromatic heterocycles. The minimum absolute atomic E-state index is 0.00217. The highest BCUT2D eigenvalue weighted by Gasteiger charge is 2.38. The minimum atomic E-state index is -5.08. The van der Waals surface area contributed by atoms with Crippen molar-refractivity contribution in [2.45, 2.75) is 30.8 Å². The molecule has 1 fully saturated rings. The number of methoxy groups -OCH3 is 1. The Labute approximate surface area is 191 Å². The molecule has 0 unspecified atom stereocenters. The Morgan fingerprint density at radius 2 is 1.70 bits per heavy atom. The van der Waals surface area contributed by atoms with E-state index in [1.54, 1.807) is 36.3 Å². The van der Waals surface area contributed by atoms with Gasteiger partial charge < -0.3 is 20.1 Å². The lowest BCUT2D eigenvalue weighted by Crippen LogP contribution is -2.47. The van der Waals surface area contributed by atoms with E-state index in [-0.39, 0.29) is 23.8 Å². The number of nitrogens with one attached hydrogen (secondary N) is 1. The van der Waals surface area contributed by atoms with Gasteiger partial charge in [0.2, 0.25) is 15.9 Å². The fourth-order valence-corrected chi connectivity index (χ4v) is 4.37. The van der Waals surface area contributed by atoms with Crippen molar-refractivity contribution in [3.63, 3.8) is 0 Å². The molecule has 2 N–H and O–H groups in total. The molecule has 0 spiro atoms. The summed E-state index contributed by atoms with van der Waals surface area (Å²) in [5.74, 6) is -2.75. The molecule has 1 amide bonds. The van der Waals surface area contributed by atoms with E-state index in [0.717, 1.165) is 18.7 Å². The Hall–Kier alpha value is -2.22. The molecular weight excluding hydrogens is 467 g/mol. The first-order valence-electron chi connectivity index (χ1n) is 10.2. The molecule has 188 valence electrons. The van der Waals surface area contributed by atoms with Crippen LogP contribution in [0.4, 0.5) is 13.2 Å². The third-order valence-electron chi connectivity index (χ3n) is 4.70. The summed E-state index contributed by atoms with van der Waals surface area (Å²) in [6, 6.07) is 6.80. The number of carboxylic acids is 1. The van der Waals surface area contributed by atoms with E-state index in [1.165, 1.54) is 4.31 Å². The van der Waals surface area contributed by atoms with Crippen molar-refractivity contribution in [1.82, 2.24) is 14.5 Å². The molecule has 13 heteroatoms. The van der Waals surface area contributed by atoms with Crippen LogP contribution in [-0.4, -0.2) is 93.8 Å². The minimum Gasteiger partial charge on any atom is -0.475 e. The van der Waals surface area contributed by atoms with E-state index < -0.39 is 22.2 Å². The third kappa shape index (κ3) is 10.1. The summed E-state index contributed by atoms with van der Waals surface area (Å²) < 4.78 is 64.1. The molecule has 0 bridgehead atoms. The number of rotatable bonds is 9. The molecule has 0 radical (unpaired) electrons. The fourth-order valence-electron chi connectivity index (χ4n) is 2.89. The zero-order chi connectivity index (χ0) is 25.1. The number of sulfonamides is 1. The number of nitrogens with zero attached hydrogens (tertiary/aromatic N) is 2. The van der Waals surface area contributed by atoms with Gasteiger partial charge in [-0.3, -0.25) is 4.79 Å². The Balaban J connectivity index is 0.000000675. The molecular formula is C20H30F3N3O6S. The average molecular weight is 498 g/mol. The number of carboxylic acid groups (broad SMARTS) is 1. The standard InChI is InChI=1S/C18H29N3O4S.C2HF3O2/c1-16-4-6-17(7-5-16)26(23,24)21(11-3-15-25-2)12-8-18(22)20-13-9-19-10-14-20;3-2(4,5)1(6)7/h4-7,19H,3,8-15H2,1-2H3;(H,6,7). The summed E-state index contributed by atoms with van der Waals surface area (Å²) in [6.45, 7) is 5.82. The van der Waals surface area contributed by atoms with Crippen LogP contribution < -0.4 is 5.32 Å². The van der Waals surface area contributed by atoms with Gasteiger partial charge in [-0.05, 0) is 25.5 Å². The van der Waals surface area contributed by atoms with Crippen LogP contribution in [0, 0.1) is 6.92 Å². The normalized spacial score (nSPS) is 14.5. The largest absolute Gasteiger partial charge is 0.490 e. The topological polar surface area (TPSA) is 116 Å². The number of aliphatic carboxylic acids is 1. The molecule has 0 saturated carbocycles. The first-order valence-corrected chi connectivity index (χ1v) is 11.7. The molecule has 1 heterocycles. The van der Waals surface area contributed by atoms with Crippen LogP contribution >= 0.6 is 0 Å². The maximum absolute atomic E-state index is 13.0. The number of amides is 1. The van der Waals surface area contributed by atoms with Gasteiger partial charge in [0.25, 0.3) is 0 Å². The SMILES string of the molecule is COCCCN(CCC(=O)N1CCNCC1)S(=O)(=O)c1ccc(C)cc1.O=C(O)C(F)(F)F. The van der Waals surface area contributed by atoms with Crippen molar-refractivity contribution in [3.8, 4) is 0 Å². The fraction of sp³-hybridized carbons (Fsp3) is 0.600. The van der Waals surface area contributed by atoms with Crippen LogP contribution in [0.5, 0.6) is 0 Å². The van der Waals surface area contributed by atoms with E-state index >= 15 is 0 Å². The Kier molecular flexibility index (Phi) is 11.8. The zero-order valence-corrected chi connectivity index (χ0v) is 19.4. The summed E-state index contributed by atoms with van der Waals surface area (Å²) in [6.07, 6.45) is -4.30. The van der Waals surface area contributed by atoms with Crippen molar-refractivity contribution >= 4 is 21.9 Å². The summed E-state index contributed by atoms with van der Waals surface area (Å²) in [4.78, 5) is 23.3. The Morgan fingerprint density at radius 1 is 1.15 bits per heavy atom. The number of halogens is 3. The van der Waals surface area contributed by atoms with Crippen LogP contribution in [0.1, 0.15) is 18.4 Å². The van der Waals surface area contributed by atoms with Crippen molar-refractivity contribution in [3.05, 3.63) is 29.8 Å². The van der Waals surface area contributed by atoms with E-state index in [2.05, 4.69) is 5.32 Å². The second-order valence-corrected chi connectivity index (χ2v) is 9.19. The smallest absolute Gasteiger partial charge is 0.475 e. The van der Waals surface area contributed by atoms with Crippen LogP contribution in [-0.2, 0) is 24.3 Å². The first kappa shape index (κ1) is 28.8. The number of benzene rings is 1. The summed E-state index contributed by atoms with van der Waals surface area (Å²) in [5.41, 5.74) is 1.00. The quantitative estimate of drug-likeness (QED) is 0.497. The van der Waals surface area contributed by atoms with Gasteiger partial charge in [-0.2, -0.15) is 17.5 Å². The average Bonchev–Trinajstić information content (AvgIpc) is 2.76. The lowest BCUT2D eigenvalue weighted by Gasteiger charge is -2.29. The van der Waals surface area contributed by atoms with E-state index in [9.17, 15) is 26.4 Å². The molecule has 1 aliphatic heterocycles. The van der Waals surface area contributed by atoms with Gasteiger partial charge in [-0.25, -0.2) is 13.2 Å². The molecule has 9 nitrogen and oxygen atoms in total. The maximum atomic E-state index is 13.0. The number of carbonyl (C=O) groups excluding carboxylic acids is 1. The number of piperazine rings is 1. The van der Waals surface area contributed by atoms with Gasteiger partial charge in [-0.15, -0.1) is 0 Å². The number of carbonyl (C=O) groups is 2. The van der Waals surface area contributed by atoms with Gasteiger partial charge in [0.05, 0.1) is 4.90 Å². The number of hydrogen-bond acceptors (Lipinski definition) is 6. The van der Waals surface area contributed by atoms with Crippen LogP contribution in [0.3, 0.4) is 0 Å². The maximum Gasteiger partial charge on any atom is 0.490 e. The Morgan fingerprint density at radius 3 is 2.18 bits per heavy atom. The molecule has 0 aliphatic carbocycles. The van der Waals surface area contributed by atoms with Crippen molar-refractivity contribution in [2.75, 3.05) is 53.0 Å². The molecule has 1 saturated heterocycles. The van der Waals surface area contributed by atoms with Gasteiger partial charge >= 0.3 is 12.1 Å². The second-order valence-electron chi connectivity index (χ2n) is 7.25. The molecule has 0 atom stereocenters. The number of hydrogen-bond donors (Lipinski definition) is 2. The van der Waals surface area contributed by atoms with Gasteiger partial charge in [0.1, 0.15) is 0 Å². The summed E-state index contributed by atoms with van der Waals surface area (Å²) >= 11 is 0. The van der Waals surface area contributed by atoms with Crippen molar-refractivity contribution < 1.29 is 41.0 Å². The lowest BCUT2D eigenvalue weighted by atomic mass is 10.2. The van der Waals surface area contributed by atoms with Crippen LogP contribution in [0.15, 0.2) is 29.2 Å². The second kappa shape index (κ2) is 13.5. The Bertz CT molecular complexity index is 857. The number of alkyl halides is 3. The zero-order valence-electron chi connectivity index (χ0n) is 18.6. The lowest BCUT2D eigenvalue weighted by molar-refractivity contribution is -0.192. The molecule has 1 aromatic rings. The highest BCUT2D eigenvalue weighted by Crippen LogP contribution is 2.18. The highest BCUT2D eigenvalue weighted by molar-refractivity contribution is 7.89. The predicted molar refractivity (Wildman–Crippen MR) is 114 cm³/mol. The number of aryl methyl sites for hydroxylation is 1.